The van der Waals surface area contributed by atoms with Crippen molar-refractivity contribution in [3.05, 3.63) is 109 Å². The van der Waals surface area contributed by atoms with Gasteiger partial charge in [0.15, 0.2) is 0 Å². The minimum absolute atomic E-state index is 0. The van der Waals surface area contributed by atoms with E-state index in [2.05, 4.69) is 30.6 Å². The molecule has 13 heteroatoms. The Morgan fingerprint density at radius 1 is 0.564 bits per heavy atom. The van der Waals surface area contributed by atoms with Gasteiger partial charge in [-0.05, 0) is 62.4 Å². The van der Waals surface area contributed by atoms with Gasteiger partial charge in [-0.25, -0.2) is 0 Å². The third kappa shape index (κ3) is 17.2. The number of rotatable bonds is 4. The van der Waals surface area contributed by atoms with Gasteiger partial charge in [-0.15, -0.1) is 0 Å². The van der Waals surface area contributed by atoms with Crippen LogP contribution in [0.15, 0.2) is 98.1 Å². The molecular weight excluding hydrogens is 556 g/mol. The number of nitrogens with zero attached hydrogens (tertiary/aromatic N) is 4. The van der Waals surface area contributed by atoms with E-state index >= 15 is 0 Å². The molecule has 0 saturated heterocycles. The number of amides is 2. The number of carbonyl (C=O) groups excluding carboxylic acids is 4. The zero-order valence-electron chi connectivity index (χ0n) is 20.8. The molecule has 0 aliphatic carbocycles. The summed E-state index contributed by atoms with van der Waals surface area (Å²) in [5.74, 6) is -2.51. The van der Waals surface area contributed by atoms with Crippen LogP contribution < -0.4 is 20.8 Å². The van der Waals surface area contributed by atoms with Crippen LogP contribution in [0.2, 0.25) is 0 Å². The molecule has 205 valence electrons. The number of anilines is 2. The minimum atomic E-state index is -1.08. The normalized spacial score (nSPS) is 8.67. The summed E-state index contributed by atoms with van der Waals surface area (Å²) in [7, 11) is 0. The maximum absolute atomic E-state index is 11.6. The molecule has 39 heavy (non-hydrogen) atoms. The third-order valence-electron chi connectivity index (χ3n) is 3.72. The number of carboxylic acid groups (broad SMARTS) is 2. The van der Waals surface area contributed by atoms with E-state index in [-0.39, 0.29) is 28.9 Å². The average molecular weight is 580 g/mol. The smallest absolute Gasteiger partial charge is 0.550 e. The molecule has 0 fully saturated rings. The van der Waals surface area contributed by atoms with Crippen LogP contribution in [0.4, 0.5) is 11.4 Å². The Balaban J connectivity index is 0.000000572. The van der Waals surface area contributed by atoms with Crippen molar-refractivity contribution in [3.8, 4) is 0 Å². The fourth-order valence-corrected chi connectivity index (χ4v) is 2.27. The molecule has 0 aromatic carbocycles. The fourth-order valence-electron chi connectivity index (χ4n) is 2.27. The van der Waals surface area contributed by atoms with Crippen molar-refractivity contribution in [3.63, 3.8) is 0 Å². The van der Waals surface area contributed by atoms with Gasteiger partial charge in [0.25, 0.3) is 11.8 Å². The van der Waals surface area contributed by atoms with Gasteiger partial charge in [0.2, 0.25) is 0 Å². The van der Waals surface area contributed by atoms with E-state index in [0.717, 1.165) is 25.2 Å². The number of nitrogens with one attached hydrogen (secondary N) is 2. The van der Waals surface area contributed by atoms with Gasteiger partial charge in [0, 0.05) is 72.9 Å². The van der Waals surface area contributed by atoms with Crippen LogP contribution in [0.3, 0.4) is 0 Å². The Morgan fingerprint density at radius 3 is 1.13 bits per heavy atom. The molecule has 0 saturated carbocycles. The molecule has 4 aromatic heterocycles. The first kappa shape index (κ1) is 34.0. The molecule has 0 aliphatic heterocycles. The molecule has 0 bridgehead atoms. The largest absolute Gasteiger partial charge is 2.00 e. The minimum Gasteiger partial charge on any atom is -0.550 e. The van der Waals surface area contributed by atoms with Crippen LogP contribution in [0.25, 0.3) is 0 Å². The molecule has 0 atom stereocenters. The Kier molecular flexibility index (Phi) is 17.5. The van der Waals surface area contributed by atoms with E-state index in [9.17, 15) is 9.59 Å². The van der Waals surface area contributed by atoms with Crippen molar-refractivity contribution in [2.24, 2.45) is 0 Å². The number of hydrogen-bond donors (Lipinski definition) is 2. The van der Waals surface area contributed by atoms with Gasteiger partial charge in [0.05, 0.1) is 11.1 Å². The summed E-state index contributed by atoms with van der Waals surface area (Å²) >= 11 is 0. The summed E-state index contributed by atoms with van der Waals surface area (Å²) in [6, 6.07) is 13.8. The molecule has 2 N–H and O–H groups in total. The maximum Gasteiger partial charge on any atom is 2.00 e. The van der Waals surface area contributed by atoms with E-state index in [1.165, 1.54) is 12.4 Å². The summed E-state index contributed by atoms with van der Waals surface area (Å²) in [6.07, 6.45) is 12.8. The van der Waals surface area contributed by atoms with E-state index in [1.807, 2.05) is 0 Å². The first-order valence-corrected chi connectivity index (χ1v) is 10.8. The van der Waals surface area contributed by atoms with Gasteiger partial charge < -0.3 is 30.4 Å². The molecule has 0 aliphatic rings. The summed E-state index contributed by atoms with van der Waals surface area (Å²) in [5.41, 5.74) is 2.52. The van der Waals surface area contributed by atoms with Crippen molar-refractivity contribution < 1.29 is 46.5 Å². The van der Waals surface area contributed by atoms with Crippen molar-refractivity contribution >= 4 is 35.1 Å². The van der Waals surface area contributed by atoms with Gasteiger partial charge in [-0.2, -0.15) is 0 Å². The van der Waals surface area contributed by atoms with Crippen LogP contribution in [-0.4, -0.2) is 43.7 Å². The Morgan fingerprint density at radius 2 is 0.872 bits per heavy atom. The van der Waals surface area contributed by atoms with Crippen molar-refractivity contribution in [2.75, 3.05) is 10.6 Å². The average Bonchev–Trinajstić information content (AvgIpc) is 2.91. The zero-order chi connectivity index (χ0) is 28.2. The van der Waals surface area contributed by atoms with Gasteiger partial charge in [-0.1, -0.05) is 0 Å². The van der Waals surface area contributed by atoms with Crippen LogP contribution >= 0.6 is 0 Å². The van der Waals surface area contributed by atoms with Gasteiger partial charge in [0.1, 0.15) is 0 Å². The topological polar surface area (TPSA) is 190 Å². The number of hydrogen-bond acceptors (Lipinski definition) is 10. The number of carboxylic acids is 2. The Labute approximate surface area is 235 Å². The molecule has 1 radical (unpaired) electrons. The summed E-state index contributed by atoms with van der Waals surface area (Å²) in [6.45, 7) is 1.94. The molecule has 12 nitrogen and oxygen atoms in total. The SMILES string of the molecule is CC(=O)[O-].CC(=O)[O-].O=C(Nc1ccncc1)c1cccnc1.O=C(Nc1ccncc1)c1cccnc1.[Cu+2]. The predicted molar refractivity (Wildman–Crippen MR) is 134 cm³/mol. The molecule has 0 spiro atoms. The molecule has 0 unspecified atom stereocenters. The molecule has 4 aromatic rings. The summed E-state index contributed by atoms with van der Waals surface area (Å²) < 4.78 is 0. The maximum atomic E-state index is 11.6. The van der Waals surface area contributed by atoms with Gasteiger partial charge >= 0.3 is 17.1 Å². The van der Waals surface area contributed by atoms with Crippen LogP contribution in [-0.2, 0) is 26.7 Å². The third-order valence-corrected chi connectivity index (χ3v) is 3.72. The van der Waals surface area contributed by atoms with E-state index in [0.29, 0.717) is 11.1 Å². The van der Waals surface area contributed by atoms with E-state index in [4.69, 9.17) is 19.8 Å². The second kappa shape index (κ2) is 20.1. The fraction of sp³-hybridized carbons (Fsp3) is 0.0769. The first-order chi connectivity index (χ1) is 18.2. The number of aromatic nitrogens is 4. The summed E-state index contributed by atoms with van der Waals surface area (Å²) in [5, 5.41) is 23.3. The standard InChI is InChI=1S/2C11H9N3O.2C2H4O2.Cu/c2*15-11(9-2-1-5-13-8-9)14-10-3-6-12-7-4-10;2*1-2(3)4;/h2*1-8H,(H,12,14,15);2*1H3,(H,3,4);/q;;;;+2/p-2. The van der Waals surface area contributed by atoms with Crippen LogP contribution in [0.1, 0.15) is 34.6 Å². The van der Waals surface area contributed by atoms with Crippen LogP contribution in [0, 0.1) is 0 Å². The molecule has 4 rings (SSSR count). The van der Waals surface area contributed by atoms with Crippen molar-refractivity contribution in [1.82, 2.24) is 19.9 Å². The molecule has 2 amide bonds. The van der Waals surface area contributed by atoms with E-state index in [1.54, 1.807) is 85.7 Å². The summed E-state index contributed by atoms with van der Waals surface area (Å²) in [4.78, 5) is 56.5. The number of aliphatic carboxylic acids is 2. The quantitative estimate of drug-likeness (QED) is 0.329. The van der Waals surface area contributed by atoms with Gasteiger partial charge in [-0.3, -0.25) is 29.5 Å². The first-order valence-electron chi connectivity index (χ1n) is 10.8. The number of pyridine rings is 4. The van der Waals surface area contributed by atoms with Crippen molar-refractivity contribution in [1.29, 1.82) is 0 Å². The predicted octanol–water partition coefficient (Wildman–Crippen LogP) is 0.968. The number of carbonyl (C=O) groups is 4. The molecular formula is C26H24CuN6O6. The van der Waals surface area contributed by atoms with Crippen LogP contribution in [0.5, 0.6) is 0 Å². The Bertz CT molecular complexity index is 1160. The monoisotopic (exact) mass is 579 g/mol. The second-order valence-corrected chi connectivity index (χ2v) is 6.85. The molecule has 4 heterocycles. The zero-order valence-corrected chi connectivity index (χ0v) is 21.7. The van der Waals surface area contributed by atoms with Crippen molar-refractivity contribution in [2.45, 2.75) is 13.8 Å². The second-order valence-electron chi connectivity index (χ2n) is 6.85. The Hall–Kier alpha value is -5.00. The van der Waals surface area contributed by atoms with E-state index < -0.39 is 11.9 Å².